The molecule has 0 radical (unpaired) electrons. The average molecular weight is 313 g/mol. The van der Waals surface area contributed by atoms with Crippen LogP contribution in [0.5, 0.6) is 5.75 Å². The first-order chi connectivity index (χ1) is 11.3. The van der Waals surface area contributed by atoms with Crippen molar-refractivity contribution in [2.24, 2.45) is 0 Å². The normalized spacial score (nSPS) is 10.8. The van der Waals surface area contributed by atoms with Crippen molar-refractivity contribution >= 4 is 16.8 Å². The number of aryl methyl sites for hydroxylation is 1. The summed E-state index contributed by atoms with van der Waals surface area (Å²) < 4.78 is 8.82. The fourth-order valence-electron chi connectivity index (χ4n) is 2.41. The maximum atomic E-state index is 11.9. The highest BCUT2D eigenvalue weighted by molar-refractivity contribution is 5.80. The van der Waals surface area contributed by atoms with Crippen molar-refractivity contribution in [3.8, 4) is 5.75 Å². The monoisotopic (exact) mass is 313 g/mol. The van der Waals surface area contributed by atoms with E-state index in [1.54, 1.807) is 24.2 Å². The predicted molar refractivity (Wildman–Crippen MR) is 86.1 cm³/mol. The Kier molecular flexibility index (Phi) is 4.56. The van der Waals surface area contributed by atoms with Crippen LogP contribution < -0.4 is 10.1 Å². The van der Waals surface area contributed by atoms with Crippen LogP contribution in [0.1, 0.15) is 6.42 Å². The number of nitrogens with zero attached hydrogens (tertiary/aromatic N) is 4. The standard InChI is InChI=1S/C16H19N5O2/c1-23-14-3-4-15-13(11-14)12-19-21(15)9-5-16(22)17-7-10-20-8-2-6-18-20/h2-4,6,8,11-12H,5,7,9-10H2,1H3,(H,17,22). The zero-order valence-corrected chi connectivity index (χ0v) is 13.0. The van der Waals surface area contributed by atoms with Gasteiger partial charge in [0.2, 0.25) is 5.91 Å². The molecule has 120 valence electrons. The first-order valence-corrected chi connectivity index (χ1v) is 7.50. The van der Waals surface area contributed by atoms with Gasteiger partial charge in [-0.05, 0) is 24.3 Å². The van der Waals surface area contributed by atoms with E-state index in [0.29, 0.717) is 26.1 Å². The van der Waals surface area contributed by atoms with E-state index in [9.17, 15) is 4.79 Å². The minimum Gasteiger partial charge on any atom is -0.497 e. The van der Waals surface area contributed by atoms with Crippen LogP contribution in [0.25, 0.3) is 10.9 Å². The van der Waals surface area contributed by atoms with E-state index < -0.39 is 0 Å². The first kappa shape index (κ1) is 15.1. The van der Waals surface area contributed by atoms with Crippen molar-refractivity contribution in [2.45, 2.75) is 19.5 Å². The minimum atomic E-state index is 0.00863. The zero-order valence-electron chi connectivity index (χ0n) is 13.0. The van der Waals surface area contributed by atoms with Crippen molar-refractivity contribution in [3.05, 3.63) is 42.9 Å². The molecular formula is C16H19N5O2. The molecule has 1 amide bonds. The van der Waals surface area contributed by atoms with Gasteiger partial charge in [-0.2, -0.15) is 10.2 Å². The summed E-state index contributed by atoms with van der Waals surface area (Å²) in [5.41, 5.74) is 0.996. The molecule has 0 aliphatic rings. The molecular weight excluding hydrogens is 294 g/mol. The van der Waals surface area contributed by atoms with Gasteiger partial charge in [0.15, 0.2) is 0 Å². The van der Waals surface area contributed by atoms with Gasteiger partial charge in [-0.15, -0.1) is 0 Å². The third-order valence-electron chi connectivity index (χ3n) is 3.62. The van der Waals surface area contributed by atoms with Crippen LogP contribution in [0.2, 0.25) is 0 Å². The number of nitrogens with one attached hydrogen (secondary N) is 1. The van der Waals surface area contributed by atoms with Gasteiger partial charge in [-0.1, -0.05) is 0 Å². The molecule has 7 nitrogen and oxygen atoms in total. The Bertz CT molecular complexity index is 779. The Labute approximate surface area is 133 Å². The molecule has 0 saturated carbocycles. The number of aromatic nitrogens is 4. The Morgan fingerprint density at radius 1 is 1.30 bits per heavy atom. The smallest absolute Gasteiger partial charge is 0.221 e. The molecule has 1 N–H and O–H groups in total. The number of amides is 1. The van der Waals surface area contributed by atoms with Crippen LogP contribution in [0, 0.1) is 0 Å². The Morgan fingerprint density at radius 2 is 2.22 bits per heavy atom. The fraction of sp³-hybridized carbons (Fsp3) is 0.312. The third kappa shape index (κ3) is 3.68. The molecule has 0 atom stereocenters. The van der Waals surface area contributed by atoms with Crippen molar-refractivity contribution in [1.82, 2.24) is 24.9 Å². The number of hydrogen-bond acceptors (Lipinski definition) is 4. The summed E-state index contributed by atoms with van der Waals surface area (Å²) in [6.45, 7) is 1.78. The summed E-state index contributed by atoms with van der Waals surface area (Å²) in [5.74, 6) is 0.808. The third-order valence-corrected chi connectivity index (χ3v) is 3.62. The van der Waals surface area contributed by atoms with E-state index in [1.165, 1.54) is 0 Å². The molecule has 2 aromatic heterocycles. The van der Waals surface area contributed by atoms with Crippen LogP contribution >= 0.6 is 0 Å². The highest BCUT2D eigenvalue weighted by Gasteiger charge is 2.06. The minimum absolute atomic E-state index is 0.00863. The molecule has 0 bridgehead atoms. The number of fused-ring (bicyclic) bond motifs is 1. The lowest BCUT2D eigenvalue weighted by atomic mass is 10.2. The summed E-state index contributed by atoms with van der Waals surface area (Å²) in [6, 6.07) is 7.64. The molecule has 1 aromatic carbocycles. The molecule has 0 saturated heterocycles. The summed E-state index contributed by atoms with van der Waals surface area (Å²) in [6.07, 6.45) is 5.77. The molecule has 0 spiro atoms. The largest absolute Gasteiger partial charge is 0.497 e. The summed E-state index contributed by atoms with van der Waals surface area (Å²) in [7, 11) is 1.64. The second-order valence-electron chi connectivity index (χ2n) is 5.16. The van der Waals surface area contributed by atoms with E-state index in [0.717, 1.165) is 16.7 Å². The van der Waals surface area contributed by atoms with Crippen LogP contribution in [0.15, 0.2) is 42.9 Å². The first-order valence-electron chi connectivity index (χ1n) is 7.50. The lowest BCUT2D eigenvalue weighted by Crippen LogP contribution is -2.28. The molecule has 2 heterocycles. The van der Waals surface area contributed by atoms with Gasteiger partial charge >= 0.3 is 0 Å². The Morgan fingerprint density at radius 3 is 3.00 bits per heavy atom. The molecule has 0 fully saturated rings. The maximum Gasteiger partial charge on any atom is 0.221 e. The predicted octanol–water partition coefficient (Wildman–Crippen LogP) is 1.45. The van der Waals surface area contributed by atoms with Gasteiger partial charge in [0.25, 0.3) is 0 Å². The van der Waals surface area contributed by atoms with Crippen LogP contribution in [-0.4, -0.2) is 39.1 Å². The molecule has 23 heavy (non-hydrogen) atoms. The molecule has 3 aromatic rings. The van der Waals surface area contributed by atoms with Crippen molar-refractivity contribution in [2.75, 3.05) is 13.7 Å². The van der Waals surface area contributed by atoms with Crippen LogP contribution in [0.3, 0.4) is 0 Å². The highest BCUT2D eigenvalue weighted by atomic mass is 16.5. The van der Waals surface area contributed by atoms with Gasteiger partial charge in [0.05, 0.1) is 31.9 Å². The van der Waals surface area contributed by atoms with E-state index in [1.807, 2.05) is 35.1 Å². The number of carbonyl (C=O) groups excluding carboxylic acids is 1. The summed E-state index contributed by atoms with van der Waals surface area (Å²) in [4.78, 5) is 11.9. The molecule has 0 aliphatic heterocycles. The second-order valence-corrected chi connectivity index (χ2v) is 5.16. The summed E-state index contributed by atoms with van der Waals surface area (Å²) >= 11 is 0. The molecule has 0 aliphatic carbocycles. The fourth-order valence-corrected chi connectivity index (χ4v) is 2.41. The lowest BCUT2D eigenvalue weighted by molar-refractivity contribution is -0.121. The van der Waals surface area contributed by atoms with E-state index in [2.05, 4.69) is 15.5 Å². The average Bonchev–Trinajstić information content (AvgIpc) is 3.21. The quantitative estimate of drug-likeness (QED) is 0.716. The van der Waals surface area contributed by atoms with E-state index in [-0.39, 0.29) is 5.91 Å². The zero-order chi connectivity index (χ0) is 16.1. The lowest BCUT2D eigenvalue weighted by Gasteiger charge is -2.07. The molecule has 3 rings (SSSR count). The number of carbonyl (C=O) groups is 1. The number of benzene rings is 1. The molecule has 0 unspecified atom stereocenters. The Hall–Kier alpha value is -2.83. The van der Waals surface area contributed by atoms with Crippen LogP contribution in [0.4, 0.5) is 0 Å². The SMILES string of the molecule is COc1ccc2c(cnn2CCC(=O)NCCn2cccn2)c1. The van der Waals surface area contributed by atoms with E-state index >= 15 is 0 Å². The number of methoxy groups -OCH3 is 1. The van der Waals surface area contributed by atoms with Gasteiger partial charge in [0, 0.05) is 30.7 Å². The van der Waals surface area contributed by atoms with E-state index in [4.69, 9.17) is 4.74 Å². The van der Waals surface area contributed by atoms with Gasteiger partial charge < -0.3 is 10.1 Å². The van der Waals surface area contributed by atoms with Crippen molar-refractivity contribution in [3.63, 3.8) is 0 Å². The van der Waals surface area contributed by atoms with Crippen LogP contribution in [-0.2, 0) is 17.9 Å². The van der Waals surface area contributed by atoms with Gasteiger partial charge in [0.1, 0.15) is 5.75 Å². The topological polar surface area (TPSA) is 74.0 Å². The number of hydrogen-bond donors (Lipinski definition) is 1. The van der Waals surface area contributed by atoms with Crippen molar-refractivity contribution < 1.29 is 9.53 Å². The second kappa shape index (κ2) is 6.95. The van der Waals surface area contributed by atoms with Crippen molar-refractivity contribution in [1.29, 1.82) is 0 Å². The maximum absolute atomic E-state index is 11.9. The number of ether oxygens (including phenoxy) is 1. The highest BCUT2D eigenvalue weighted by Crippen LogP contribution is 2.20. The summed E-state index contributed by atoms with van der Waals surface area (Å²) in [5, 5.41) is 12.3. The molecule has 7 heteroatoms. The van der Waals surface area contributed by atoms with Gasteiger partial charge in [-0.3, -0.25) is 14.2 Å². The Balaban J connectivity index is 1.50. The number of rotatable bonds is 7. The van der Waals surface area contributed by atoms with Gasteiger partial charge in [-0.25, -0.2) is 0 Å².